The highest BCUT2D eigenvalue weighted by molar-refractivity contribution is 6.09. The van der Waals surface area contributed by atoms with E-state index in [2.05, 4.69) is 19.0 Å². The van der Waals surface area contributed by atoms with Crippen LogP contribution < -0.4 is 16.2 Å². The first-order chi connectivity index (χ1) is 11.5. The van der Waals surface area contributed by atoms with Gasteiger partial charge in [0.15, 0.2) is 5.78 Å². The molecule has 0 aromatic heterocycles. The van der Waals surface area contributed by atoms with Crippen LogP contribution >= 0.6 is 0 Å². The first-order valence-corrected chi connectivity index (χ1v) is 8.04. The van der Waals surface area contributed by atoms with E-state index in [4.69, 9.17) is 16.2 Å². The molecule has 0 aliphatic rings. The number of carbonyl (C=O) groups excluding carboxylic acids is 1. The molecule has 5 nitrogen and oxygen atoms in total. The van der Waals surface area contributed by atoms with Crippen molar-refractivity contribution in [1.29, 1.82) is 0 Å². The Morgan fingerprint density at radius 3 is 2.25 bits per heavy atom. The van der Waals surface area contributed by atoms with Crippen LogP contribution in [0.3, 0.4) is 0 Å². The van der Waals surface area contributed by atoms with Crippen molar-refractivity contribution in [3.63, 3.8) is 0 Å². The molecule has 2 rings (SSSR count). The Morgan fingerprint density at radius 2 is 1.62 bits per heavy atom. The van der Waals surface area contributed by atoms with Crippen LogP contribution in [0.1, 0.15) is 28.8 Å². The number of nitrogens with two attached hydrogens (primary N) is 2. The van der Waals surface area contributed by atoms with Gasteiger partial charge in [0.1, 0.15) is 5.75 Å². The molecule has 0 atom stereocenters. The Hall–Kier alpha value is -2.53. The van der Waals surface area contributed by atoms with Crippen LogP contribution in [-0.2, 0) is 0 Å². The lowest BCUT2D eigenvalue weighted by Crippen LogP contribution is -2.13. The molecule has 2 aromatic carbocycles. The van der Waals surface area contributed by atoms with Crippen molar-refractivity contribution in [2.75, 3.05) is 38.7 Å². The van der Waals surface area contributed by atoms with E-state index in [0.717, 1.165) is 25.1 Å². The maximum absolute atomic E-state index is 12.4. The lowest BCUT2D eigenvalue weighted by Gasteiger charge is -2.10. The smallest absolute Gasteiger partial charge is 0.193 e. The number of nitrogens with zero attached hydrogens (tertiary/aromatic N) is 1. The van der Waals surface area contributed by atoms with Gasteiger partial charge in [-0.2, -0.15) is 0 Å². The highest BCUT2D eigenvalue weighted by Gasteiger charge is 2.10. The van der Waals surface area contributed by atoms with Gasteiger partial charge in [-0.15, -0.1) is 0 Å². The minimum atomic E-state index is -0.0840. The molecule has 4 N–H and O–H groups in total. The van der Waals surface area contributed by atoms with E-state index in [1.54, 1.807) is 30.3 Å². The van der Waals surface area contributed by atoms with Gasteiger partial charge < -0.3 is 21.1 Å². The predicted molar refractivity (Wildman–Crippen MR) is 98.4 cm³/mol. The van der Waals surface area contributed by atoms with Crippen LogP contribution in [-0.4, -0.2) is 37.9 Å². The molecule has 0 saturated heterocycles. The second-order valence-electron chi connectivity index (χ2n) is 6.06. The summed E-state index contributed by atoms with van der Waals surface area (Å²) in [5, 5.41) is 0. The van der Waals surface area contributed by atoms with Gasteiger partial charge in [-0.3, -0.25) is 4.79 Å². The van der Waals surface area contributed by atoms with Crippen molar-refractivity contribution < 1.29 is 9.53 Å². The van der Waals surface area contributed by atoms with Crippen molar-refractivity contribution in [2.24, 2.45) is 0 Å². The molecule has 0 unspecified atom stereocenters. The van der Waals surface area contributed by atoms with Gasteiger partial charge >= 0.3 is 0 Å². The third kappa shape index (κ3) is 4.99. The fourth-order valence-electron chi connectivity index (χ4n) is 2.31. The molecule has 0 bridgehead atoms. The van der Waals surface area contributed by atoms with E-state index < -0.39 is 0 Å². The van der Waals surface area contributed by atoms with Gasteiger partial charge in [0.2, 0.25) is 0 Å². The fraction of sp³-hybridized carbons (Fsp3) is 0.316. The third-order valence-corrected chi connectivity index (χ3v) is 3.73. The average molecular weight is 327 g/mol. The molecule has 5 heteroatoms. The summed E-state index contributed by atoms with van der Waals surface area (Å²) in [7, 11) is 4.12. The van der Waals surface area contributed by atoms with E-state index in [1.165, 1.54) is 0 Å². The average Bonchev–Trinajstić information content (AvgIpc) is 2.57. The molecule has 24 heavy (non-hydrogen) atoms. The van der Waals surface area contributed by atoms with E-state index in [1.807, 2.05) is 12.1 Å². The van der Waals surface area contributed by atoms with Gasteiger partial charge in [-0.25, -0.2) is 0 Å². The van der Waals surface area contributed by atoms with Crippen LogP contribution in [0.15, 0.2) is 42.5 Å². The van der Waals surface area contributed by atoms with Crippen LogP contribution in [0, 0.1) is 0 Å². The first kappa shape index (κ1) is 17.8. The zero-order chi connectivity index (χ0) is 17.5. The maximum Gasteiger partial charge on any atom is 0.193 e. The summed E-state index contributed by atoms with van der Waals surface area (Å²) in [6.45, 7) is 1.73. The number of anilines is 2. The molecule has 0 amide bonds. The van der Waals surface area contributed by atoms with Crippen molar-refractivity contribution in [1.82, 2.24) is 4.90 Å². The second-order valence-corrected chi connectivity index (χ2v) is 6.06. The zero-order valence-electron chi connectivity index (χ0n) is 14.3. The highest BCUT2D eigenvalue weighted by Crippen LogP contribution is 2.20. The Bertz CT molecular complexity index is 682. The molecule has 0 saturated carbocycles. The van der Waals surface area contributed by atoms with E-state index in [9.17, 15) is 4.79 Å². The third-order valence-electron chi connectivity index (χ3n) is 3.73. The number of rotatable bonds is 8. The zero-order valence-corrected chi connectivity index (χ0v) is 14.3. The fourth-order valence-corrected chi connectivity index (χ4v) is 2.31. The van der Waals surface area contributed by atoms with Crippen LogP contribution in [0.2, 0.25) is 0 Å². The Balaban J connectivity index is 1.91. The van der Waals surface area contributed by atoms with Crippen molar-refractivity contribution >= 4 is 17.2 Å². The topological polar surface area (TPSA) is 81.6 Å². The minimum absolute atomic E-state index is 0.0840. The molecular weight excluding hydrogens is 302 g/mol. The lowest BCUT2D eigenvalue weighted by atomic mass is 10.0. The van der Waals surface area contributed by atoms with Crippen molar-refractivity contribution in [3.8, 4) is 5.75 Å². The number of hydrogen-bond acceptors (Lipinski definition) is 5. The number of ketones is 1. The monoisotopic (exact) mass is 327 g/mol. The molecule has 128 valence electrons. The largest absolute Gasteiger partial charge is 0.494 e. The first-order valence-electron chi connectivity index (χ1n) is 8.04. The van der Waals surface area contributed by atoms with Gasteiger partial charge in [0.25, 0.3) is 0 Å². The van der Waals surface area contributed by atoms with Crippen LogP contribution in [0.25, 0.3) is 0 Å². The number of carbonyl (C=O) groups is 1. The summed E-state index contributed by atoms with van der Waals surface area (Å²) in [4.78, 5) is 14.6. The summed E-state index contributed by atoms with van der Waals surface area (Å²) < 4.78 is 5.70. The van der Waals surface area contributed by atoms with Crippen LogP contribution in [0.5, 0.6) is 5.75 Å². The number of nitrogen functional groups attached to an aromatic ring is 2. The molecule has 0 fully saturated rings. The Labute approximate surface area is 143 Å². The van der Waals surface area contributed by atoms with Gasteiger partial charge in [-0.05, 0) is 75.9 Å². The standard InChI is InChI=1S/C19H25N3O2/c1-22(2)11-3-4-12-24-16-8-5-14(6-9-16)19(23)15-7-10-17(20)18(21)13-15/h5-10,13H,3-4,11-12,20-21H2,1-2H3. The molecule has 0 spiro atoms. The SMILES string of the molecule is CN(C)CCCCOc1ccc(C(=O)c2ccc(N)c(N)c2)cc1. The predicted octanol–water partition coefficient (Wildman–Crippen LogP) is 2.80. The van der Waals surface area contributed by atoms with Gasteiger partial charge in [-0.1, -0.05) is 0 Å². The summed E-state index contributed by atoms with van der Waals surface area (Å²) in [5.74, 6) is 0.687. The van der Waals surface area contributed by atoms with Gasteiger partial charge in [0.05, 0.1) is 18.0 Å². The second kappa shape index (κ2) is 8.36. The molecule has 0 radical (unpaired) electrons. The Morgan fingerprint density at radius 1 is 0.958 bits per heavy atom. The number of unbranched alkanes of at least 4 members (excludes halogenated alkanes) is 1. The van der Waals surface area contributed by atoms with Crippen molar-refractivity contribution in [3.05, 3.63) is 53.6 Å². The van der Waals surface area contributed by atoms with Crippen LogP contribution in [0.4, 0.5) is 11.4 Å². The number of hydrogen-bond donors (Lipinski definition) is 2. The molecule has 0 aliphatic carbocycles. The van der Waals surface area contributed by atoms with E-state index >= 15 is 0 Å². The summed E-state index contributed by atoms with van der Waals surface area (Å²) >= 11 is 0. The maximum atomic E-state index is 12.4. The summed E-state index contributed by atoms with van der Waals surface area (Å²) in [6.07, 6.45) is 2.10. The summed E-state index contributed by atoms with van der Waals surface area (Å²) in [5.41, 5.74) is 13.4. The highest BCUT2D eigenvalue weighted by atomic mass is 16.5. The Kier molecular flexibility index (Phi) is 6.21. The van der Waals surface area contributed by atoms with Crippen molar-refractivity contribution in [2.45, 2.75) is 12.8 Å². The number of ether oxygens (including phenoxy) is 1. The normalized spacial score (nSPS) is 10.8. The molecule has 0 aliphatic heterocycles. The molecule has 0 heterocycles. The number of benzene rings is 2. The quantitative estimate of drug-likeness (QED) is 0.443. The van der Waals surface area contributed by atoms with E-state index in [-0.39, 0.29) is 5.78 Å². The van der Waals surface area contributed by atoms with Gasteiger partial charge in [0, 0.05) is 11.1 Å². The summed E-state index contributed by atoms with van der Waals surface area (Å²) in [6, 6.07) is 12.1. The molecule has 2 aromatic rings. The van der Waals surface area contributed by atoms with E-state index in [0.29, 0.717) is 29.1 Å². The molecular formula is C19H25N3O2. The lowest BCUT2D eigenvalue weighted by molar-refractivity contribution is 0.103. The minimum Gasteiger partial charge on any atom is -0.494 e.